The fraction of sp³-hybridized carbons (Fsp3) is 0.583. The Morgan fingerprint density at radius 2 is 1.75 bits per heavy atom. The number of nitrogens with zero attached hydrogens (tertiary/aromatic N) is 3. The van der Waals surface area contributed by atoms with Gasteiger partial charge >= 0.3 is 0 Å². The average Bonchev–Trinajstić information content (AvgIpc) is 2.76. The molecule has 0 spiro atoms. The SMILES string of the molecule is Cc1nc(Nc2ccc(N3C[C@@H](C)O[C@@H](C)C3)cc2)nc(OC[C@H]2CC[C@H](O)CC2)c1F. The first-order valence-corrected chi connectivity index (χ1v) is 11.5. The molecule has 2 atom stereocenters. The molecule has 4 rings (SSSR count). The van der Waals surface area contributed by atoms with Gasteiger partial charge in [-0.25, -0.2) is 4.98 Å². The van der Waals surface area contributed by atoms with Gasteiger partial charge in [0, 0.05) is 24.5 Å². The lowest BCUT2D eigenvalue weighted by atomic mass is 9.88. The number of aliphatic hydroxyl groups excluding tert-OH is 1. The van der Waals surface area contributed by atoms with E-state index in [9.17, 15) is 9.50 Å². The topological polar surface area (TPSA) is 79.7 Å². The van der Waals surface area contributed by atoms with E-state index < -0.39 is 5.82 Å². The highest BCUT2D eigenvalue weighted by Gasteiger charge is 2.23. The molecule has 7 nitrogen and oxygen atoms in total. The van der Waals surface area contributed by atoms with Crippen molar-refractivity contribution in [2.45, 2.75) is 64.8 Å². The lowest BCUT2D eigenvalue weighted by Crippen LogP contribution is -2.45. The average molecular weight is 445 g/mol. The summed E-state index contributed by atoms with van der Waals surface area (Å²) in [5, 5.41) is 12.8. The third-order valence-electron chi connectivity index (χ3n) is 6.17. The van der Waals surface area contributed by atoms with Crippen LogP contribution in [0.25, 0.3) is 0 Å². The summed E-state index contributed by atoms with van der Waals surface area (Å²) < 4.78 is 26.1. The Balaban J connectivity index is 1.40. The van der Waals surface area contributed by atoms with E-state index in [1.165, 1.54) is 0 Å². The Morgan fingerprint density at radius 1 is 1.09 bits per heavy atom. The molecule has 2 aromatic rings. The molecule has 0 amide bonds. The van der Waals surface area contributed by atoms with Crippen LogP contribution in [0.2, 0.25) is 0 Å². The van der Waals surface area contributed by atoms with Crippen molar-refractivity contribution in [3.63, 3.8) is 0 Å². The molecule has 2 N–H and O–H groups in total. The van der Waals surface area contributed by atoms with E-state index >= 15 is 0 Å². The summed E-state index contributed by atoms with van der Waals surface area (Å²) in [4.78, 5) is 10.8. The molecule has 2 fully saturated rings. The number of aliphatic hydroxyl groups is 1. The van der Waals surface area contributed by atoms with E-state index in [2.05, 4.69) is 46.2 Å². The maximum absolute atomic E-state index is 14.5. The number of rotatable bonds is 6. The van der Waals surface area contributed by atoms with Gasteiger partial charge in [-0.1, -0.05) is 0 Å². The molecule has 32 heavy (non-hydrogen) atoms. The Morgan fingerprint density at radius 3 is 2.41 bits per heavy atom. The summed E-state index contributed by atoms with van der Waals surface area (Å²) in [5.74, 6) is 0.0540. The van der Waals surface area contributed by atoms with Crippen molar-refractivity contribution >= 4 is 17.3 Å². The van der Waals surface area contributed by atoms with Gasteiger partial charge in [-0.15, -0.1) is 0 Å². The van der Waals surface area contributed by atoms with Crippen LogP contribution >= 0.6 is 0 Å². The first-order chi connectivity index (χ1) is 15.4. The van der Waals surface area contributed by atoms with Crippen LogP contribution in [-0.4, -0.2) is 53.1 Å². The van der Waals surface area contributed by atoms with Gasteiger partial charge < -0.3 is 24.8 Å². The van der Waals surface area contributed by atoms with Gasteiger partial charge in [-0.3, -0.25) is 0 Å². The Labute approximate surface area is 189 Å². The summed E-state index contributed by atoms with van der Waals surface area (Å²) >= 11 is 0. The summed E-state index contributed by atoms with van der Waals surface area (Å²) in [6.07, 6.45) is 3.47. The lowest BCUT2D eigenvalue weighted by Gasteiger charge is -2.36. The number of hydrogen-bond acceptors (Lipinski definition) is 7. The predicted molar refractivity (Wildman–Crippen MR) is 122 cm³/mol. The molecule has 0 bridgehead atoms. The van der Waals surface area contributed by atoms with Crippen molar-refractivity contribution in [1.82, 2.24) is 9.97 Å². The number of benzene rings is 1. The minimum atomic E-state index is -0.530. The Bertz CT molecular complexity index is 893. The van der Waals surface area contributed by atoms with Crippen LogP contribution in [0.5, 0.6) is 5.88 Å². The van der Waals surface area contributed by atoms with E-state index in [4.69, 9.17) is 9.47 Å². The van der Waals surface area contributed by atoms with E-state index in [0.717, 1.165) is 50.1 Å². The fourth-order valence-electron chi connectivity index (χ4n) is 4.47. The largest absolute Gasteiger partial charge is 0.475 e. The highest BCUT2D eigenvalue weighted by Crippen LogP contribution is 2.27. The molecule has 1 aromatic carbocycles. The van der Waals surface area contributed by atoms with Crippen molar-refractivity contribution in [1.29, 1.82) is 0 Å². The maximum atomic E-state index is 14.5. The first-order valence-electron chi connectivity index (χ1n) is 11.5. The summed E-state index contributed by atoms with van der Waals surface area (Å²) in [6, 6.07) is 8.04. The molecule has 1 aromatic heterocycles. The quantitative estimate of drug-likeness (QED) is 0.691. The molecule has 1 saturated carbocycles. The number of halogens is 1. The van der Waals surface area contributed by atoms with E-state index in [-0.39, 0.29) is 29.9 Å². The second-order valence-electron chi connectivity index (χ2n) is 9.07. The Hall–Kier alpha value is -2.45. The number of aromatic nitrogens is 2. The molecular formula is C24H33FN4O3. The number of ether oxygens (including phenoxy) is 2. The van der Waals surface area contributed by atoms with Gasteiger partial charge in [0.15, 0.2) is 0 Å². The van der Waals surface area contributed by atoms with Gasteiger partial charge in [-0.05, 0) is 76.6 Å². The normalized spacial score (nSPS) is 26.1. The number of anilines is 3. The smallest absolute Gasteiger partial charge is 0.255 e. The minimum absolute atomic E-state index is 0.0287. The first kappa shape index (κ1) is 22.7. The molecule has 174 valence electrons. The van der Waals surface area contributed by atoms with Crippen LogP contribution < -0.4 is 15.0 Å². The third kappa shape index (κ3) is 5.66. The van der Waals surface area contributed by atoms with Crippen LogP contribution in [0.3, 0.4) is 0 Å². The van der Waals surface area contributed by atoms with Crippen LogP contribution in [0.1, 0.15) is 45.2 Å². The second kappa shape index (κ2) is 10.0. The van der Waals surface area contributed by atoms with Gasteiger partial charge in [0.1, 0.15) is 0 Å². The molecule has 2 heterocycles. The van der Waals surface area contributed by atoms with Crippen molar-refractivity contribution in [2.75, 3.05) is 29.9 Å². The van der Waals surface area contributed by atoms with Crippen molar-refractivity contribution in [2.24, 2.45) is 5.92 Å². The summed E-state index contributed by atoms with van der Waals surface area (Å²) in [6.45, 7) is 7.89. The zero-order valence-electron chi connectivity index (χ0n) is 19.1. The molecule has 1 aliphatic heterocycles. The number of nitrogens with one attached hydrogen (secondary N) is 1. The van der Waals surface area contributed by atoms with Crippen LogP contribution in [0.15, 0.2) is 24.3 Å². The fourth-order valence-corrected chi connectivity index (χ4v) is 4.47. The Kier molecular flexibility index (Phi) is 7.10. The molecule has 0 unspecified atom stereocenters. The molecular weight excluding hydrogens is 411 g/mol. The molecule has 1 saturated heterocycles. The van der Waals surface area contributed by atoms with E-state index in [0.29, 0.717) is 18.5 Å². The van der Waals surface area contributed by atoms with E-state index in [1.54, 1.807) is 6.92 Å². The zero-order chi connectivity index (χ0) is 22.7. The van der Waals surface area contributed by atoms with Crippen LogP contribution in [0.4, 0.5) is 21.7 Å². The maximum Gasteiger partial charge on any atom is 0.255 e. The van der Waals surface area contributed by atoms with Gasteiger partial charge in [0.25, 0.3) is 5.88 Å². The van der Waals surface area contributed by atoms with Crippen molar-refractivity contribution in [3.05, 3.63) is 35.8 Å². The summed E-state index contributed by atoms with van der Waals surface area (Å²) in [7, 11) is 0. The van der Waals surface area contributed by atoms with Gasteiger partial charge in [0.05, 0.1) is 30.6 Å². The molecule has 8 heteroatoms. The highest BCUT2D eigenvalue weighted by molar-refractivity contribution is 5.59. The van der Waals surface area contributed by atoms with Crippen LogP contribution in [0, 0.1) is 18.7 Å². The summed E-state index contributed by atoms with van der Waals surface area (Å²) in [5.41, 5.74) is 2.20. The number of morpholine rings is 1. The van der Waals surface area contributed by atoms with Crippen molar-refractivity contribution in [3.8, 4) is 5.88 Å². The van der Waals surface area contributed by atoms with Crippen molar-refractivity contribution < 1.29 is 19.0 Å². The lowest BCUT2D eigenvalue weighted by molar-refractivity contribution is -0.00521. The predicted octanol–water partition coefficient (Wildman–Crippen LogP) is 4.21. The van der Waals surface area contributed by atoms with Gasteiger partial charge in [-0.2, -0.15) is 9.37 Å². The zero-order valence-corrected chi connectivity index (χ0v) is 19.1. The third-order valence-corrected chi connectivity index (χ3v) is 6.17. The number of hydrogen-bond donors (Lipinski definition) is 2. The molecule has 0 radical (unpaired) electrons. The standard InChI is InChI=1S/C24H33FN4O3/c1-15-12-29(13-16(2)32-15)20-8-6-19(7-9-20)27-24-26-17(3)22(25)23(28-24)31-14-18-4-10-21(30)11-5-18/h6-9,15-16,18,21,30H,4-5,10-14H2,1-3H3,(H,26,27,28)/t15-,16+,18-,21-. The monoisotopic (exact) mass is 444 g/mol. The molecule has 2 aliphatic rings. The highest BCUT2D eigenvalue weighted by atomic mass is 19.1. The van der Waals surface area contributed by atoms with Gasteiger partial charge in [0.2, 0.25) is 11.8 Å². The number of aryl methyl sites for hydroxylation is 1. The second-order valence-corrected chi connectivity index (χ2v) is 9.07. The van der Waals surface area contributed by atoms with Crippen LogP contribution in [-0.2, 0) is 4.74 Å². The minimum Gasteiger partial charge on any atom is -0.475 e. The molecule has 1 aliphatic carbocycles. The van der Waals surface area contributed by atoms with E-state index in [1.807, 2.05) is 12.1 Å².